The van der Waals surface area contributed by atoms with Crippen molar-refractivity contribution in [3.63, 3.8) is 0 Å². The number of allylic oxidation sites excluding steroid dienone is 1. The summed E-state index contributed by atoms with van der Waals surface area (Å²) in [6.07, 6.45) is 0. The largest absolute Gasteiger partial charge is 0.490 e. The van der Waals surface area contributed by atoms with Crippen molar-refractivity contribution in [3.8, 4) is 11.5 Å². The van der Waals surface area contributed by atoms with Gasteiger partial charge in [-0.05, 0) is 55.2 Å². The summed E-state index contributed by atoms with van der Waals surface area (Å²) in [6.45, 7) is 8.22. The molecule has 0 aromatic heterocycles. The molecular weight excluding hydrogens is 427 g/mol. The van der Waals surface area contributed by atoms with Crippen LogP contribution in [0.25, 0.3) is 0 Å². The van der Waals surface area contributed by atoms with Crippen LogP contribution in [-0.2, 0) is 16.1 Å². The molecule has 0 aliphatic carbocycles. The highest BCUT2D eigenvalue weighted by atomic mass is 19.1. The first-order valence-electron chi connectivity index (χ1n) is 11.0. The Morgan fingerprint density at radius 1 is 1.03 bits per heavy atom. The lowest BCUT2D eigenvalue weighted by Gasteiger charge is -2.31. The van der Waals surface area contributed by atoms with Crippen LogP contribution in [0.5, 0.6) is 11.5 Å². The van der Waals surface area contributed by atoms with Crippen LogP contribution >= 0.6 is 0 Å². The van der Waals surface area contributed by atoms with E-state index in [9.17, 15) is 14.0 Å². The molecule has 0 saturated heterocycles. The Bertz CT molecular complexity index is 1030. The number of hydrogen-bond donors (Lipinski definition) is 2. The summed E-state index contributed by atoms with van der Waals surface area (Å²) in [5.74, 6) is 0.0689. The zero-order chi connectivity index (χ0) is 24.0. The lowest BCUT2D eigenvalue weighted by Crippen LogP contribution is -2.47. The number of esters is 1. The molecule has 0 fully saturated rings. The van der Waals surface area contributed by atoms with Crippen molar-refractivity contribution in [3.05, 3.63) is 70.7 Å². The van der Waals surface area contributed by atoms with Crippen molar-refractivity contribution in [1.82, 2.24) is 10.6 Å². The van der Waals surface area contributed by atoms with Crippen molar-refractivity contribution in [2.75, 3.05) is 13.2 Å². The van der Waals surface area contributed by atoms with Gasteiger partial charge in [0.2, 0.25) is 0 Å². The Kier molecular flexibility index (Phi) is 7.92. The molecule has 0 bridgehead atoms. The van der Waals surface area contributed by atoms with Crippen molar-refractivity contribution in [2.24, 2.45) is 5.92 Å². The summed E-state index contributed by atoms with van der Waals surface area (Å²) in [4.78, 5) is 25.2. The average molecular weight is 457 g/mol. The lowest BCUT2D eigenvalue weighted by molar-refractivity contribution is -0.139. The Labute approximate surface area is 192 Å². The van der Waals surface area contributed by atoms with Crippen molar-refractivity contribution >= 4 is 12.0 Å². The standard InChI is InChI=1S/C25H29FN2O5/c1-5-31-20-13-17(9-12-19(20)33-14-16-7-10-18(26)11-8-16)23-21(24(29)32-6-2)22(15(3)4)27-25(30)28-23/h7-13,15,23H,5-6,14H2,1-4H3,(H2,27,28,30). The molecule has 2 aromatic rings. The predicted octanol–water partition coefficient (Wildman–Crippen LogP) is 4.63. The fourth-order valence-electron chi connectivity index (χ4n) is 3.56. The minimum atomic E-state index is -0.708. The highest BCUT2D eigenvalue weighted by molar-refractivity contribution is 5.95. The Balaban J connectivity index is 1.95. The normalized spacial score (nSPS) is 15.7. The molecule has 3 rings (SSSR count). The number of carbonyl (C=O) groups excluding carboxylic acids is 2. The zero-order valence-corrected chi connectivity index (χ0v) is 19.2. The maximum absolute atomic E-state index is 13.1. The summed E-state index contributed by atoms with van der Waals surface area (Å²) in [6, 6.07) is 10.2. The second-order valence-electron chi connectivity index (χ2n) is 7.79. The summed E-state index contributed by atoms with van der Waals surface area (Å²) in [7, 11) is 0. The van der Waals surface area contributed by atoms with Gasteiger partial charge in [-0.2, -0.15) is 0 Å². The van der Waals surface area contributed by atoms with E-state index in [1.807, 2.05) is 20.8 Å². The van der Waals surface area contributed by atoms with Gasteiger partial charge < -0.3 is 24.8 Å². The predicted molar refractivity (Wildman–Crippen MR) is 121 cm³/mol. The molecular formula is C25H29FN2O5. The fraction of sp³-hybridized carbons (Fsp3) is 0.360. The van der Waals surface area contributed by atoms with Crippen LogP contribution in [0, 0.1) is 11.7 Å². The lowest BCUT2D eigenvalue weighted by atomic mass is 9.91. The minimum Gasteiger partial charge on any atom is -0.490 e. The van der Waals surface area contributed by atoms with E-state index in [4.69, 9.17) is 14.2 Å². The van der Waals surface area contributed by atoms with Crippen LogP contribution in [0.15, 0.2) is 53.7 Å². The number of ether oxygens (including phenoxy) is 3. The quantitative estimate of drug-likeness (QED) is 0.538. The van der Waals surface area contributed by atoms with Gasteiger partial charge in [-0.3, -0.25) is 0 Å². The second-order valence-corrected chi connectivity index (χ2v) is 7.79. The van der Waals surface area contributed by atoms with Crippen molar-refractivity contribution in [1.29, 1.82) is 0 Å². The topological polar surface area (TPSA) is 85.9 Å². The molecule has 8 heteroatoms. The molecule has 2 aromatic carbocycles. The molecule has 7 nitrogen and oxygen atoms in total. The summed E-state index contributed by atoms with van der Waals surface area (Å²) in [5.41, 5.74) is 2.34. The third-order valence-electron chi connectivity index (χ3n) is 5.08. The van der Waals surface area contributed by atoms with Crippen LogP contribution in [0.1, 0.15) is 44.9 Å². The van der Waals surface area contributed by atoms with Crippen molar-refractivity contribution in [2.45, 2.75) is 40.3 Å². The van der Waals surface area contributed by atoms with E-state index in [0.717, 1.165) is 5.56 Å². The summed E-state index contributed by atoms with van der Waals surface area (Å²) in [5, 5.41) is 5.56. The van der Waals surface area contributed by atoms with Gasteiger partial charge in [-0.1, -0.05) is 32.0 Å². The summed E-state index contributed by atoms with van der Waals surface area (Å²) < 4.78 is 30.1. The molecule has 1 heterocycles. The van der Waals surface area contributed by atoms with Gasteiger partial charge in [-0.15, -0.1) is 0 Å². The highest BCUT2D eigenvalue weighted by Crippen LogP contribution is 2.36. The van der Waals surface area contributed by atoms with Crippen molar-refractivity contribution < 1.29 is 28.2 Å². The van der Waals surface area contributed by atoms with Gasteiger partial charge in [0, 0.05) is 5.70 Å². The van der Waals surface area contributed by atoms with E-state index in [1.54, 1.807) is 37.3 Å². The van der Waals surface area contributed by atoms with E-state index < -0.39 is 18.0 Å². The SMILES string of the molecule is CCOC(=O)C1=C(C(C)C)NC(=O)NC1c1ccc(OCc2ccc(F)cc2)c(OCC)c1. The molecule has 1 aliphatic rings. The maximum Gasteiger partial charge on any atom is 0.338 e. The molecule has 2 N–H and O–H groups in total. The number of carbonyl (C=O) groups is 2. The highest BCUT2D eigenvalue weighted by Gasteiger charge is 2.35. The van der Waals surface area contributed by atoms with E-state index in [0.29, 0.717) is 34.9 Å². The Hall–Kier alpha value is -3.55. The molecule has 1 atom stereocenters. The molecule has 2 amide bonds. The third kappa shape index (κ3) is 5.83. The van der Waals surface area contributed by atoms with E-state index in [1.165, 1.54) is 12.1 Å². The minimum absolute atomic E-state index is 0.0948. The molecule has 1 unspecified atom stereocenters. The van der Waals surface area contributed by atoms with Gasteiger partial charge in [0.05, 0.1) is 24.8 Å². The van der Waals surface area contributed by atoms with Gasteiger partial charge in [0.15, 0.2) is 11.5 Å². The molecule has 0 saturated carbocycles. The third-order valence-corrected chi connectivity index (χ3v) is 5.08. The van der Waals surface area contributed by atoms with E-state index >= 15 is 0 Å². The number of nitrogens with one attached hydrogen (secondary N) is 2. The van der Waals surface area contributed by atoms with Crippen LogP contribution in [0.3, 0.4) is 0 Å². The monoisotopic (exact) mass is 456 g/mol. The average Bonchev–Trinajstić information content (AvgIpc) is 2.79. The van der Waals surface area contributed by atoms with E-state index in [-0.39, 0.29) is 24.9 Å². The maximum atomic E-state index is 13.1. The van der Waals surface area contributed by atoms with Gasteiger partial charge in [0.1, 0.15) is 12.4 Å². The fourth-order valence-corrected chi connectivity index (χ4v) is 3.56. The second kappa shape index (κ2) is 10.8. The number of urea groups is 1. The van der Waals surface area contributed by atoms with Gasteiger partial charge in [0.25, 0.3) is 0 Å². The van der Waals surface area contributed by atoms with Gasteiger partial charge >= 0.3 is 12.0 Å². The summed E-state index contributed by atoms with van der Waals surface area (Å²) >= 11 is 0. The van der Waals surface area contributed by atoms with Crippen LogP contribution in [0.2, 0.25) is 0 Å². The molecule has 0 radical (unpaired) electrons. The Morgan fingerprint density at radius 2 is 1.76 bits per heavy atom. The van der Waals surface area contributed by atoms with E-state index in [2.05, 4.69) is 10.6 Å². The van der Waals surface area contributed by atoms with Crippen LogP contribution < -0.4 is 20.1 Å². The number of benzene rings is 2. The van der Waals surface area contributed by atoms with Crippen LogP contribution in [-0.4, -0.2) is 25.2 Å². The zero-order valence-electron chi connectivity index (χ0n) is 19.2. The molecule has 0 spiro atoms. The number of amides is 2. The molecule has 176 valence electrons. The van der Waals surface area contributed by atoms with Gasteiger partial charge in [-0.25, -0.2) is 14.0 Å². The number of halogens is 1. The Morgan fingerprint density at radius 3 is 2.39 bits per heavy atom. The first kappa shape index (κ1) is 24.1. The first-order valence-corrected chi connectivity index (χ1v) is 11.0. The molecule has 33 heavy (non-hydrogen) atoms. The molecule has 1 aliphatic heterocycles. The van der Waals surface area contributed by atoms with Crippen LogP contribution in [0.4, 0.5) is 9.18 Å². The number of hydrogen-bond acceptors (Lipinski definition) is 5. The first-order chi connectivity index (χ1) is 15.8. The smallest absolute Gasteiger partial charge is 0.338 e. The number of rotatable bonds is 9.